The average Bonchev–Trinajstić information content (AvgIpc) is 2.45. The SMILES string of the molecule is CC(C)(C)c1cccc(CCC(C)(C)c2ccc(Cl)cc2)c1. The summed E-state index contributed by atoms with van der Waals surface area (Å²) < 4.78 is 0. The van der Waals surface area contributed by atoms with E-state index < -0.39 is 0 Å². The van der Waals surface area contributed by atoms with Gasteiger partial charge in [-0.05, 0) is 52.5 Å². The Bertz CT molecular complexity index is 615. The van der Waals surface area contributed by atoms with Gasteiger partial charge in [0.05, 0.1) is 0 Å². The zero-order valence-electron chi connectivity index (χ0n) is 14.4. The van der Waals surface area contributed by atoms with Gasteiger partial charge < -0.3 is 0 Å². The van der Waals surface area contributed by atoms with Gasteiger partial charge in [-0.1, -0.05) is 82.6 Å². The van der Waals surface area contributed by atoms with Crippen LogP contribution in [0.3, 0.4) is 0 Å². The van der Waals surface area contributed by atoms with Crippen LogP contribution in [0, 0.1) is 0 Å². The molecule has 0 saturated heterocycles. The van der Waals surface area contributed by atoms with E-state index in [2.05, 4.69) is 71.0 Å². The highest BCUT2D eigenvalue weighted by Gasteiger charge is 2.21. The van der Waals surface area contributed by atoms with E-state index in [0.29, 0.717) is 0 Å². The topological polar surface area (TPSA) is 0 Å². The monoisotopic (exact) mass is 314 g/mol. The van der Waals surface area contributed by atoms with Crippen molar-refractivity contribution >= 4 is 11.6 Å². The first-order valence-electron chi connectivity index (χ1n) is 8.04. The second-order valence-corrected chi connectivity index (χ2v) is 8.28. The van der Waals surface area contributed by atoms with Gasteiger partial charge in [0, 0.05) is 5.02 Å². The molecule has 0 aliphatic carbocycles. The minimum Gasteiger partial charge on any atom is -0.0843 e. The van der Waals surface area contributed by atoms with Crippen molar-refractivity contribution in [1.82, 2.24) is 0 Å². The maximum atomic E-state index is 5.99. The van der Waals surface area contributed by atoms with Gasteiger partial charge in [0.15, 0.2) is 0 Å². The van der Waals surface area contributed by atoms with Gasteiger partial charge in [0.1, 0.15) is 0 Å². The van der Waals surface area contributed by atoms with E-state index in [1.165, 1.54) is 16.7 Å². The van der Waals surface area contributed by atoms with Crippen LogP contribution in [0.5, 0.6) is 0 Å². The van der Waals surface area contributed by atoms with Crippen molar-refractivity contribution in [1.29, 1.82) is 0 Å². The van der Waals surface area contributed by atoms with Crippen molar-refractivity contribution in [3.05, 3.63) is 70.2 Å². The smallest absolute Gasteiger partial charge is 0.0406 e. The van der Waals surface area contributed by atoms with Crippen LogP contribution < -0.4 is 0 Å². The molecule has 0 aliphatic rings. The number of rotatable bonds is 4. The molecule has 0 unspecified atom stereocenters. The number of hydrogen-bond acceptors (Lipinski definition) is 0. The molecule has 0 spiro atoms. The van der Waals surface area contributed by atoms with Gasteiger partial charge in [-0.25, -0.2) is 0 Å². The minimum atomic E-state index is 0.155. The summed E-state index contributed by atoms with van der Waals surface area (Å²) in [6, 6.07) is 17.3. The molecule has 0 fully saturated rings. The Kier molecular flexibility index (Phi) is 5.02. The molecule has 22 heavy (non-hydrogen) atoms. The van der Waals surface area contributed by atoms with Gasteiger partial charge in [-0.2, -0.15) is 0 Å². The highest BCUT2D eigenvalue weighted by Crippen LogP contribution is 2.30. The van der Waals surface area contributed by atoms with E-state index in [1.54, 1.807) is 0 Å². The Morgan fingerprint density at radius 2 is 1.45 bits per heavy atom. The summed E-state index contributed by atoms with van der Waals surface area (Å²) in [7, 11) is 0. The Labute approximate surface area is 140 Å². The van der Waals surface area contributed by atoms with E-state index in [0.717, 1.165) is 17.9 Å². The first-order valence-corrected chi connectivity index (χ1v) is 8.42. The predicted molar refractivity (Wildman–Crippen MR) is 97.9 cm³/mol. The molecule has 0 aliphatic heterocycles. The van der Waals surface area contributed by atoms with Gasteiger partial charge in [0.25, 0.3) is 0 Å². The van der Waals surface area contributed by atoms with Crippen LogP contribution in [0.15, 0.2) is 48.5 Å². The molecule has 0 saturated carbocycles. The van der Waals surface area contributed by atoms with Crippen LogP contribution in [0.1, 0.15) is 57.7 Å². The van der Waals surface area contributed by atoms with Crippen LogP contribution in [-0.2, 0) is 17.3 Å². The van der Waals surface area contributed by atoms with Crippen molar-refractivity contribution in [3.8, 4) is 0 Å². The van der Waals surface area contributed by atoms with Crippen molar-refractivity contribution in [2.75, 3.05) is 0 Å². The van der Waals surface area contributed by atoms with Crippen LogP contribution in [-0.4, -0.2) is 0 Å². The predicted octanol–water partition coefficient (Wildman–Crippen LogP) is 6.55. The third-order valence-electron chi connectivity index (χ3n) is 4.46. The summed E-state index contributed by atoms with van der Waals surface area (Å²) in [6.07, 6.45) is 2.22. The summed E-state index contributed by atoms with van der Waals surface area (Å²) in [6.45, 7) is 11.4. The largest absolute Gasteiger partial charge is 0.0843 e. The molecule has 1 heteroatoms. The molecule has 0 amide bonds. The van der Waals surface area contributed by atoms with E-state index in [4.69, 9.17) is 11.6 Å². The Hall–Kier alpha value is -1.27. The quantitative estimate of drug-likeness (QED) is 0.600. The molecule has 0 N–H and O–H groups in total. The van der Waals surface area contributed by atoms with Gasteiger partial charge in [-0.3, -0.25) is 0 Å². The highest BCUT2D eigenvalue weighted by molar-refractivity contribution is 6.30. The fraction of sp³-hybridized carbons (Fsp3) is 0.429. The van der Waals surface area contributed by atoms with Crippen molar-refractivity contribution in [2.45, 2.75) is 58.3 Å². The first kappa shape index (κ1) is 17.1. The number of hydrogen-bond donors (Lipinski definition) is 0. The molecule has 2 aromatic carbocycles. The zero-order chi connectivity index (χ0) is 16.4. The first-order chi connectivity index (χ1) is 10.2. The fourth-order valence-corrected chi connectivity index (χ4v) is 2.82. The number of halogens is 1. The summed E-state index contributed by atoms with van der Waals surface area (Å²) in [5.41, 5.74) is 4.55. The molecule has 0 radical (unpaired) electrons. The number of aryl methyl sites for hydroxylation is 1. The molecular formula is C21H27Cl. The third kappa shape index (κ3) is 4.36. The minimum absolute atomic E-state index is 0.155. The lowest BCUT2D eigenvalue weighted by Gasteiger charge is -2.26. The van der Waals surface area contributed by atoms with Crippen LogP contribution in [0.25, 0.3) is 0 Å². The number of benzene rings is 2. The summed E-state index contributed by atoms with van der Waals surface area (Å²) in [5.74, 6) is 0. The van der Waals surface area contributed by atoms with Gasteiger partial charge in [-0.15, -0.1) is 0 Å². The van der Waals surface area contributed by atoms with Crippen molar-refractivity contribution in [2.24, 2.45) is 0 Å². The summed E-state index contributed by atoms with van der Waals surface area (Å²) in [5, 5.41) is 0.803. The second-order valence-electron chi connectivity index (χ2n) is 7.84. The lowest BCUT2D eigenvalue weighted by atomic mass is 9.79. The molecule has 2 rings (SSSR count). The zero-order valence-corrected chi connectivity index (χ0v) is 15.2. The van der Waals surface area contributed by atoms with E-state index >= 15 is 0 Å². The molecule has 0 aromatic heterocycles. The van der Waals surface area contributed by atoms with Crippen LogP contribution in [0.2, 0.25) is 5.02 Å². The van der Waals surface area contributed by atoms with Crippen molar-refractivity contribution < 1.29 is 0 Å². The Morgan fingerprint density at radius 1 is 0.818 bits per heavy atom. The van der Waals surface area contributed by atoms with E-state index in [9.17, 15) is 0 Å². The molecule has 0 bridgehead atoms. The molecule has 118 valence electrons. The lowest BCUT2D eigenvalue weighted by Crippen LogP contribution is -2.18. The van der Waals surface area contributed by atoms with Crippen LogP contribution >= 0.6 is 11.6 Å². The summed E-state index contributed by atoms with van der Waals surface area (Å²) >= 11 is 5.99. The molecule has 0 heterocycles. The maximum absolute atomic E-state index is 5.99. The second kappa shape index (κ2) is 6.46. The molecule has 0 nitrogen and oxygen atoms in total. The molecule has 2 aromatic rings. The molecule has 0 atom stereocenters. The Morgan fingerprint density at radius 3 is 2.05 bits per heavy atom. The fourth-order valence-electron chi connectivity index (χ4n) is 2.70. The highest BCUT2D eigenvalue weighted by atomic mass is 35.5. The van der Waals surface area contributed by atoms with E-state index in [-0.39, 0.29) is 10.8 Å². The molecular weight excluding hydrogens is 288 g/mol. The third-order valence-corrected chi connectivity index (χ3v) is 4.71. The Balaban J connectivity index is 2.10. The maximum Gasteiger partial charge on any atom is 0.0406 e. The standard InChI is InChI=1S/C21H27Cl/c1-20(2,3)18-8-6-7-16(15-18)13-14-21(4,5)17-9-11-19(22)12-10-17/h6-12,15H,13-14H2,1-5H3. The normalized spacial score (nSPS) is 12.5. The van der Waals surface area contributed by atoms with Crippen LogP contribution in [0.4, 0.5) is 0 Å². The average molecular weight is 315 g/mol. The van der Waals surface area contributed by atoms with Crippen molar-refractivity contribution in [3.63, 3.8) is 0 Å². The van der Waals surface area contributed by atoms with Gasteiger partial charge >= 0.3 is 0 Å². The summed E-state index contributed by atoms with van der Waals surface area (Å²) in [4.78, 5) is 0. The lowest BCUT2D eigenvalue weighted by molar-refractivity contribution is 0.479. The van der Waals surface area contributed by atoms with Gasteiger partial charge in [0.2, 0.25) is 0 Å². The van der Waals surface area contributed by atoms with E-state index in [1.807, 2.05) is 12.1 Å².